The SMILES string of the molecule is CC.Cc1ccccc1F.Cn1ncc2ccc(OC3CCC(C(=O)NO)C3)cc21. The lowest BCUT2D eigenvalue weighted by atomic mass is 10.1. The van der Waals surface area contributed by atoms with Gasteiger partial charge < -0.3 is 4.74 Å². The van der Waals surface area contributed by atoms with Gasteiger partial charge in [0.25, 0.3) is 0 Å². The maximum Gasteiger partial charge on any atom is 0.246 e. The van der Waals surface area contributed by atoms with Crippen molar-refractivity contribution < 1.29 is 19.1 Å². The number of carbonyl (C=O) groups excluding carboxylic acids is 1. The molecule has 30 heavy (non-hydrogen) atoms. The van der Waals surface area contributed by atoms with Crippen LogP contribution in [0.1, 0.15) is 38.7 Å². The first kappa shape index (κ1) is 23.3. The van der Waals surface area contributed by atoms with Crippen LogP contribution in [0.5, 0.6) is 5.75 Å². The molecular weight excluding hydrogens is 385 g/mol. The summed E-state index contributed by atoms with van der Waals surface area (Å²) >= 11 is 0. The number of hydrogen-bond acceptors (Lipinski definition) is 4. The third-order valence-corrected chi connectivity index (χ3v) is 4.97. The van der Waals surface area contributed by atoms with E-state index < -0.39 is 0 Å². The van der Waals surface area contributed by atoms with E-state index >= 15 is 0 Å². The molecule has 7 heteroatoms. The summed E-state index contributed by atoms with van der Waals surface area (Å²) in [6.07, 6.45) is 4.03. The molecule has 162 valence electrons. The highest BCUT2D eigenvalue weighted by atomic mass is 19.1. The van der Waals surface area contributed by atoms with Gasteiger partial charge >= 0.3 is 0 Å². The number of nitrogens with zero attached hydrogens (tertiary/aromatic N) is 2. The topological polar surface area (TPSA) is 76.4 Å². The van der Waals surface area contributed by atoms with Gasteiger partial charge in [0.05, 0.1) is 17.8 Å². The number of aromatic nitrogens is 2. The Kier molecular flexibility index (Phi) is 8.80. The standard InChI is InChI=1S/C14H17N3O3.C7H7F.C2H6/c1-17-13-7-12(5-3-10(13)8-15-17)20-11-4-2-9(6-11)14(18)16-19;1-6-4-2-3-5-7(6)8;1-2/h3,5,7-9,11,19H,2,4,6H2,1H3,(H,16,18);2-5H,1H3;1-2H3. The third kappa shape index (κ3) is 6.03. The zero-order valence-corrected chi connectivity index (χ0v) is 17.9. The third-order valence-electron chi connectivity index (χ3n) is 4.97. The average Bonchev–Trinajstić information content (AvgIpc) is 3.39. The summed E-state index contributed by atoms with van der Waals surface area (Å²) in [6, 6.07) is 12.6. The van der Waals surface area contributed by atoms with Crippen molar-refractivity contribution in [3.05, 3.63) is 60.0 Å². The fraction of sp³-hybridized carbons (Fsp3) is 0.391. The molecule has 0 bridgehead atoms. The van der Waals surface area contributed by atoms with E-state index in [4.69, 9.17) is 9.94 Å². The van der Waals surface area contributed by atoms with E-state index in [0.29, 0.717) is 12.0 Å². The van der Waals surface area contributed by atoms with Crippen molar-refractivity contribution in [2.45, 2.75) is 46.1 Å². The molecule has 1 fully saturated rings. The second kappa shape index (κ2) is 11.3. The van der Waals surface area contributed by atoms with Crippen molar-refractivity contribution in [3.8, 4) is 5.75 Å². The summed E-state index contributed by atoms with van der Waals surface area (Å²) in [4.78, 5) is 11.4. The Labute approximate surface area is 176 Å². The Morgan fingerprint density at radius 1 is 1.23 bits per heavy atom. The maximum atomic E-state index is 12.3. The lowest BCUT2D eigenvalue weighted by Crippen LogP contribution is -2.27. The summed E-state index contributed by atoms with van der Waals surface area (Å²) in [5, 5.41) is 13.9. The van der Waals surface area contributed by atoms with E-state index in [1.807, 2.05) is 51.4 Å². The van der Waals surface area contributed by atoms with Crippen molar-refractivity contribution in [1.29, 1.82) is 0 Å². The molecule has 3 aromatic rings. The van der Waals surface area contributed by atoms with Gasteiger partial charge in [0.1, 0.15) is 11.6 Å². The highest BCUT2D eigenvalue weighted by Crippen LogP contribution is 2.30. The number of benzene rings is 2. The molecule has 0 saturated heterocycles. The van der Waals surface area contributed by atoms with Gasteiger partial charge in [-0.05, 0) is 49.9 Å². The van der Waals surface area contributed by atoms with Crippen LogP contribution in [0.2, 0.25) is 0 Å². The van der Waals surface area contributed by atoms with Gasteiger partial charge in [-0.25, -0.2) is 9.87 Å². The molecule has 1 amide bonds. The fourth-order valence-corrected chi connectivity index (χ4v) is 3.32. The van der Waals surface area contributed by atoms with Gasteiger partial charge in [-0.2, -0.15) is 5.10 Å². The number of fused-ring (bicyclic) bond motifs is 1. The Hall–Kier alpha value is -2.93. The zero-order chi connectivity index (χ0) is 22.1. The van der Waals surface area contributed by atoms with E-state index in [2.05, 4.69) is 5.10 Å². The van der Waals surface area contributed by atoms with Gasteiger partial charge in [0.15, 0.2) is 0 Å². The first-order valence-corrected chi connectivity index (χ1v) is 10.2. The van der Waals surface area contributed by atoms with Crippen molar-refractivity contribution in [2.75, 3.05) is 0 Å². The number of halogens is 1. The second-order valence-corrected chi connectivity index (χ2v) is 6.96. The Morgan fingerprint density at radius 3 is 2.60 bits per heavy atom. The number of aryl methyl sites for hydroxylation is 2. The lowest BCUT2D eigenvalue weighted by Gasteiger charge is -2.14. The number of rotatable bonds is 3. The molecule has 0 radical (unpaired) electrons. The minimum absolute atomic E-state index is 0.0166. The Bertz CT molecular complexity index is 937. The number of nitrogens with one attached hydrogen (secondary N) is 1. The van der Waals surface area contributed by atoms with E-state index in [1.54, 1.807) is 29.2 Å². The number of carbonyl (C=O) groups is 1. The summed E-state index contributed by atoms with van der Waals surface area (Å²) in [7, 11) is 1.89. The van der Waals surface area contributed by atoms with Gasteiger partial charge in [-0.3, -0.25) is 14.7 Å². The minimum atomic E-state index is -0.321. The predicted molar refractivity (Wildman–Crippen MR) is 115 cm³/mol. The van der Waals surface area contributed by atoms with Crippen LogP contribution in [0.3, 0.4) is 0 Å². The monoisotopic (exact) mass is 415 g/mol. The number of hydrogen-bond donors (Lipinski definition) is 2. The van der Waals surface area contributed by atoms with Gasteiger partial charge in [0, 0.05) is 24.4 Å². The molecule has 4 rings (SSSR count). The van der Waals surface area contributed by atoms with E-state index in [1.165, 1.54) is 6.07 Å². The van der Waals surface area contributed by atoms with Crippen molar-refractivity contribution in [3.63, 3.8) is 0 Å². The van der Waals surface area contributed by atoms with Crippen LogP contribution in [-0.4, -0.2) is 27.0 Å². The summed E-state index contributed by atoms with van der Waals surface area (Å²) in [6.45, 7) is 5.75. The largest absolute Gasteiger partial charge is 0.490 e. The summed E-state index contributed by atoms with van der Waals surface area (Å²) in [5.41, 5.74) is 3.43. The molecule has 0 aliphatic heterocycles. The van der Waals surface area contributed by atoms with Crippen molar-refractivity contribution in [1.82, 2.24) is 15.3 Å². The molecule has 1 heterocycles. The lowest BCUT2D eigenvalue weighted by molar-refractivity contribution is -0.133. The average molecular weight is 416 g/mol. The molecule has 1 saturated carbocycles. The highest BCUT2D eigenvalue weighted by molar-refractivity contribution is 5.80. The molecule has 2 atom stereocenters. The first-order chi connectivity index (χ1) is 14.5. The second-order valence-electron chi connectivity index (χ2n) is 6.96. The molecule has 1 aliphatic rings. The van der Waals surface area contributed by atoms with Crippen molar-refractivity contribution in [2.24, 2.45) is 13.0 Å². The first-order valence-electron chi connectivity index (χ1n) is 10.2. The van der Waals surface area contributed by atoms with Crippen LogP contribution in [0.4, 0.5) is 4.39 Å². The zero-order valence-electron chi connectivity index (χ0n) is 17.9. The molecule has 2 N–H and O–H groups in total. The van der Waals surface area contributed by atoms with Crippen molar-refractivity contribution >= 4 is 16.8 Å². The Morgan fingerprint density at radius 2 is 1.97 bits per heavy atom. The maximum absolute atomic E-state index is 12.3. The molecule has 1 aromatic heterocycles. The van der Waals surface area contributed by atoms with Crippen LogP contribution < -0.4 is 10.2 Å². The van der Waals surface area contributed by atoms with E-state index in [0.717, 1.165) is 29.5 Å². The normalized spacial score (nSPS) is 17.4. The smallest absolute Gasteiger partial charge is 0.246 e. The molecular formula is C23H30FN3O3. The van der Waals surface area contributed by atoms with Gasteiger partial charge in [-0.1, -0.05) is 32.0 Å². The quantitative estimate of drug-likeness (QED) is 0.476. The minimum Gasteiger partial charge on any atom is -0.490 e. The fourth-order valence-electron chi connectivity index (χ4n) is 3.32. The number of hydroxylamine groups is 1. The Balaban J connectivity index is 0.000000269. The predicted octanol–water partition coefficient (Wildman–Crippen LogP) is 4.79. The van der Waals surface area contributed by atoms with Crippen LogP contribution in [-0.2, 0) is 11.8 Å². The van der Waals surface area contributed by atoms with Gasteiger partial charge in [-0.15, -0.1) is 0 Å². The molecule has 6 nitrogen and oxygen atoms in total. The summed E-state index contributed by atoms with van der Waals surface area (Å²) in [5.74, 6) is 0.173. The number of ether oxygens (including phenoxy) is 1. The molecule has 0 spiro atoms. The van der Waals surface area contributed by atoms with E-state index in [-0.39, 0.29) is 23.7 Å². The molecule has 2 aromatic carbocycles. The highest BCUT2D eigenvalue weighted by Gasteiger charge is 2.31. The molecule has 2 unspecified atom stereocenters. The van der Waals surface area contributed by atoms with E-state index in [9.17, 15) is 9.18 Å². The van der Waals surface area contributed by atoms with Crippen LogP contribution in [0, 0.1) is 18.7 Å². The van der Waals surface area contributed by atoms with Gasteiger partial charge in [0.2, 0.25) is 5.91 Å². The van der Waals surface area contributed by atoms with Crippen LogP contribution in [0.25, 0.3) is 10.9 Å². The molecule has 1 aliphatic carbocycles. The van der Waals surface area contributed by atoms with Crippen LogP contribution in [0.15, 0.2) is 48.7 Å². The number of amides is 1. The van der Waals surface area contributed by atoms with Crippen LogP contribution >= 0.6 is 0 Å². The summed E-state index contributed by atoms with van der Waals surface area (Å²) < 4.78 is 20.1.